The maximum atomic E-state index is 6.11. The average Bonchev–Trinajstić information content (AvgIpc) is 2.79. The van der Waals surface area contributed by atoms with E-state index in [0.29, 0.717) is 18.4 Å². The predicted octanol–water partition coefficient (Wildman–Crippen LogP) is 3.07. The third-order valence-electron chi connectivity index (χ3n) is 2.91. The largest absolute Gasteiger partial charge is 0.448 e. The molecule has 0 bridgehead atoms. The van der Waals surface area contributed by atoms with E-state index in [0.717, 1.165) is 22.7 Å². The van der Waals surface area contributed by atoms with Crippen LogP contribution in [0, 0.1) is 0 Å². The summed E-state index contributed by atoms with van der Waals surface area (Å²) in [7, 11) is 1.94. The van der Waals surface area contributed by atoms with E-state index in [4.69, 9.17) is 16.0 Å². The molecule has 1 aromatic heterocycles. The lowest BCUT2D eigenvalue weighted by atomic mass is 10.1. The molecule has 4 heteroatoms. The van der Waals surface area contributed by atoms with Crippen molar-refractivity contribution in [1.29, 1.82) is 0 Å². The molecule has 96 valence electrons. The number of rotatable bonds is 5. The molecule has 0 saturated carbocycles. The van der Waals surface area contributed by atoms with Crippen LogP contribution < -0.4 is 5.32 Å². The van der Waals surface area contributed by atoms with Crippen LogP contribution in [0.25, 0.3) is 0 Å². The van der Waals surface area contributed by atoms with Gasteiger partial charge in [0.15, 0.2) is 5.89 Å². The van der Waals surface area contributed by atoms with Crippen LogP contribution in [0.5, 0.6) is 0 Å². The fraction of sp³-hybridized carbons (Fsp3) is 0.357. The smallest absolute Gasteiger partial charge is 0.198 e. The van der Waals surface area contributed by atoms with Crippen molar-refractivity contribution in [2.45, 2.75) is 25.8 Å². The van der Waals surface area contributed by atoms with Crippen molar-refractivity contribution >= 4 is 11.6 Å². The van der Waals surface area contributed by atoms with E-state index in [-0.39, 0.29) is 0 Å². The van der Waals surface area contributed by atoms with Gasteiger partial charge in [-0.3, -0.25) is 0 Å². The Labute approximate surface area is 112 Å². The van der Waals surface area contributed by atoms with E-state index in [1.54, 1.807) is 6.26 Å². The molecule has 1 heterocycles. The number of benzene rings is 1. The molecule has 1 aromatic carbocycles. The minimum absolute atomic E-state index is 0.392. The number of oxazole rings is 1. The first kappa shape index (κ1) is 13.1. The molecular formula is C14H17ClN2O. The van der Waals surface area contributed by atoms with Crippen LogP contribution in [-0.4, -0.2) is 18.1 Å². The summed E-state index contributed by atoms with van der Waals surface area (Å²) in [4.78, 5) is 4.47. The topological polar surface area (TPSA) is 38.1 Å². The van der Waals surface area contributed by atoms with Gasteiger partial charge in [-0.25, -0.2) is 4.98 Å². The van der Waals surface area contributed by atoms with Gasteiger partial charge in [-0.1, -0.05) is 29.8 Å². The summed E-state index contributed by atoms with van der Waals surface area (Å²) in [5.41, 5.74) is 2.01. The van der Waals surface area contributed by atoms with Gasteiger partial charge in [0.2, 0.25) is 0 Å². The Hall–Kier alpha value is -1.32. The summed E-state index contributed by atoms with van der Waals surface area (Å²) >= 11 is 6.11. The first-order valence-corrected chi connectivity index (χ1v) is 6.40. The highest BCUT2D eigenvalue weighted by atomic mass is 35.5. The second-order valence-electron chi connectivity index (χ2n) is 4.39. The number of nitrogens with one attached hydrogen (secondary N) is 1. The number of likely N-dealkylation sites (N-methyl/N-ethyl adjacent to an activating group) is 1. The highest BCUT2D eigenvalue weighted by Gasteiger charge is 2.09. The van der Waals surface area contributed by atoms with E-state index < -0.39 is 0 Å². The minimum atomic E-state index is 0.392. The third-order valence-corrected chi connectivity index (χ3v) is 3.28. The van der Waals surface area contributed by atoms with Gasteiger partial charge in [0.25, 0.3) is 0 Å². The first-order valence-electron chi connectivity index (χ1n) is 6.03. The Morgan fingerprint density at radius 3 is 2.89 bits per heavy atom. The second kappa shape index (κ2) is 6.03. The molecule has 18 heavy (non-hydrogen) atoms. The molecule has 1 N–H and O–H groups in total. The zero-order valence-corrected chi connectivity index (χ0v) is 11.4. The molecular weight excluding hydrogens is 248 g/mol. The molecule has 0 fully saturated rings. The van der Waals surface area contributed by atoms with Crippen molar-refractivity contribution in [2.24, 2.45) is 0 Å². The number of hydrogen-bond donors (Lipinski definition) is 1. The highest BCUT2D eigenvalue weighted by Crippen LogP contribution is 2.18. The Kier molecular flexibility index (Phi) is 4.39. The molecule has 0 amide bonds. The van der Waals surface area contributed by atoms with Gasteiger partial charge in [0.05, 0.1) is 12.1 Å². The minimum Gasteiger partial charge on any atom is -0.448 e. The summed E-state index contributed by atoms with van der Waals surface area (Å²) in [5, 5.41) is 3.93. The van der Waals surface area contributed by atoms with Gasteiger partial charge in [0.1, 0.15) is 6.26 Å². The standard InChI is InChI=1S/C14H17ClN2O/c1-10(16-2)7-12-9-18-14(17-12)8-11-5-3-4-6-13(11)15/h3-6,9-10,16H,7-8H2,1-2H3. The molecule has 0 aliphatic rings. The van der Waals surface area contributed by atoms with E-state index in [1.165, 1.54) is 0 Å². The molecule has 2 aromatic rings. The second-order valence-corrected chi connectivity index (χ2v) is 4.80. The molecule has 1 atom stereocenters. The molecule has 2 rings (SSSR count). The van der Waals surface area contributed by atoms with E-state index in [9.17, 15) is 0 Å². The number of aromatic nitrogens is 1. The van der Waals surface area contributed by atoms with Crippen LogP contribution in [0.15, 0.2) is 34.9 Å². The maximum Gasteiger partial charge on any atom is 0.198 e. The van der Waals surface area contributed by atoms with Gasteiger partial charge in [0, 0.05) is 17.5 Å². The van der Waals surface area contributed by atoms with Crippen molar-refractivity contribution in [3.05, 3.63) is 52.7 Å². The van der Waals surface area contributed by atoms with Crippen LogP contribution in [0.2, 0.25) is 5.02 Å². The fourth-order valence-electron chi connectivity index (χ4n) is 1.74. The van der Waals surface area contributed by atoms with Crippen LogP contribution in [0.4, 0.5) is 0 Å². The molecule has 0 radical (unpaired) electrons. The lowest BCUT2D eigenvalue weighted by Crippen LogP contribution is -2.23. The molecule has 3 nitrogen and oxygen atoms in total. The third kappa shape index (κ3) is 3.34. The molecule has 1 unspecified atom stereocenters. The van der Waals surface area contributed by atoms with Gasteiger partial charge < -0.3 is 9.73 Å². The van der Waals surface area contributed by atoms with Crippen molar-refractivity contribution in [3.63, 3.8) is 0 Å². The Morgan fingerprint density at radius 1 is 1.39 bits per heavy atom. The van der Waals surface area contributed by atoms with Crippen molar-refractivity contribution in [1.82, 2.24) is 10.3 Å². The Bertz CT molecular complexity index is 510. The molecule has 0 aliphatic carbocycles. The molecule has 0 saturated heterocycles. The van der Waals surface area contributed by atoms with Crippen molar-refractivity contribution in [3.8, 4) is 0 Å². The van der Waals surface area contributed by atoms with Crippen LogP contribution >= 0.6 is 11.6 Å². The zero-order valence-electron chi connectivity index (χ0n) is 10.6. The molecule has 0 aliphatic heterocycles. The predicted molar refractivity (Wildman–Crippen MR) is 73.0 cm³/mol. The van der Waals surface area contributed by atoms with Crippen LogP contribution in [-0.2, 0) is 12.8 Å². The van der Waals surface area contributed by atoms with Gasteiger partial charge in [-0.05, 0) is 25.6 Å². The van der Waals surface area contributed by atoms with Crippen LogP contribution in [0.1, 0.15) is 24.1 Å². The van der Waals surface area contributed by atoms with E-state index in [2.05, 4.69) is 17.2 Å². The average molecular weight is 265 g/mol. The van der Waals surface area contributed by atoms with Gasteiger partial charge >= 0.3 is 0 Å². The lowest BCUT2D eigenvalue weighted by molar-refractivity contribution is 0.505. The Balaban J connectivity index is 2.05. The summed E-state index contributed by atoms with van der Waals surface area (Å²) < 4.78 is 5.47. The number of nitrogens with zero attached hydrogens (tertiary/aromatic N) is 1. The quantitative estimate of drug-likeness (QED) is 0.902. The number of halogens is 1. The normalized spacial score (nSPS) is 12.6. The summed E-state index contributed by atoms with van der Waals surface area (Å²) in [6.45, 7) is 2.11. The van der Waals surface area contributed by atoms with Gasteiger partial charge in [-0.2, -0.15) is 0 Å². The SMILES string of the molecule is CNC(C)Cc1coc(Cc2ccccc2Cl)n1. The summed E-state index contributed by atoms with van der Waals surface area (Å²) in [6, 6.07) is 8.14. The van der Waals surface area contributed by atoms with E-state index in [1.807, 2.05) is 31.3 Å². The van der Waals surface area contributed by atoms with Gasteiger partial charge in [-0.15, -0.1) is 0 Å². The lowest BCUT2D eigenvalue weighted by Gasteiger charge is -2.05. The fourth-order valence-corrected chi connectivity index (χ4v) is 1.95. The highest BCUT2D eigenvalue weighted by molar-refractivity contribution is 6.31. The first-order chi connectivity index (χ1) is 8.69. The Morgan fingerprint density at radius 2 is 2.17 bits per heavy atom. The summed E-state index contributed by atoms with van der Waals surface area (Å²) in [6.07, 6.45) is 3.22. The summed E-state index contributed by atoms with van der Waals surface area (Å²) in [5.74, 6) is 0.710. The number of hydrogen-bond acceptors (Lipinski definition) is 3. The van der Waals surface area contributed by atoms with Crippen molar-refractivity contribution < 1.29 is 4.42 Å². The monoisotopic (exact) mass is 264 g/mol. The van der Waals surface area contributed by atoms with E-state index >= 15 is 0 Å². The van der Waals surface area contributed by atoms with Crippen molar-refractivity contribution in [2.75, 3.05) is 7.05 Å². The maximum absolute atomic E-state index is 6.11. The zero-order chi connectivity index (χ0) is 13.0. The van der Waals surface area contributed by atoms with Crippen LogP contribution in [0.3, 0.4) is 0 Å². The molecule has 0 spiro atoms.